The molecule has 0 aliphatic heterocycles. The van der Waals surface area contributed by atoms with Crippen LogP contribution < -0.4 is 0 Å². The van der Waals surface area contributed by atoms with Gasteiger partial charge in [0, 0.05) is 25.3 Å². The molecule has 1 N–H and O–H groups in total. The van der Waals surface area contributed by atoms with Crippen molar-refractivity contribution in [2.24, 2.45) is 0 Å². The van der Waals surface area contributed by atoms with Crippen molar-refractivity contribution in [3.63, 3.8) is 0 Å². The summed E-state index contributed by atoms with van der Waals surface area (Å²) in [5, 5.41) is 18.6. The third-order valence-corrected chi connectivity index (χ3v) is 3.31. The quantitative estimate of drug-likeness (QED) is 0.901. The maximum Gasteiger partial charge on any atom is 0.137 e. The van der Waals surface area contributed by atoms with Crippen LogP contribution in [0.1, 0.15) is 32.0 Å². The van der Waals surface area contributed by atoms with E-state index >= 15 is 0 Å². The average molecular weight is 272 g/mol. The Balaban J connectivity index is 2.30. The van der Waals surface area contributed by atoms with Crippen molar-refractivity contribution in [1.82, 2.24) is 14.3 Å². The standard InChI is InChI=1S/C15H20N4O/c1-11(2)18(8-12(3)20)10-14-7-17-15-5-4-13(6-16)9-19(14)15/h4-5,7,9,11-12,20H,8,10H2,1-3H3. The summed E-state index contributed by atoms with van der Waals surface area (Å²) < 4.78 is 1.94. The highest BCUT2D eigenvalue weighted by molar-refractivity contribution is 5.44. The van der Waals surface area contributed by atoms with Gasteiger partial charge in [-0.1, -0.05) is 0 Å². The molecule has 0 saturated carbocycles. The fourth-order valence-corrected chi connectivity index (χ4v) is 2.22. The van der Waals surface area contributed by atoms with Crippen molar-refractivity contribution in [1.29, 1.82) is 5.26 Å². The molecular weight excluding hydrogens is 252 g/mol. The van der Waals surface area contributed by atoms with E-state index in [4.69, 9.17) is 5.26 Å². The van der Waals surface area contributed by atoms with E-state index in [2.05, 4.69) is 29.8 Å². The van der Waals surface area contributed by atoms with Gasteiger partial charge < -0.3 is 9.51 Å². The minimum Gasteiger partial charge on any atom is -0.392 e. The number of pyridine rings is 1. The summed E-state index contributed by atoms with van der Waals surface area (Å²) in [4.78, 5) is 6.54. The molecule has 0 fully saturated rings. The molecule has 0 aromatic carbocycles. The van der Waals surface area contributed by atoms with Gasteiger partial charge in [0.2, 0.25) is 0 Å². The molecule has 0 bridgehead atoms. The van der Waals surface area contributed by atoms with Crippen LogP contribution in [-0.2, 0) is 6.54 Å². The Labute approximate surface area is 119 Å². The number of nitriles is 1. The van der Waals surface area contributed by atoms with Gasteiger partial charge in [-0.05, 0) is 32.9 Å². The highest BCUT2D eigenvalue weighted by Gasteiger charge is 2.15. The Kier molecular flexibility index (Phi) is 4.38. The maximum absolute atomic E-state index is 9.59. The SMILES string of the molecule is CC(O)CN(Cc1cnc2ccc(C#N)cn12)C(C)C. The number of fused-ring (bicyclic) bond motifs is 1. The van der Waals surface area contributed by atoms with Crippen LogP contribution in [0.15, 0.2) is 24.5 Å². The first-order valence-corrected chi connectivity index (χ1v) is 6.79. The van der Waals surface area contributed by atoms with Crippen molar-refractivity contribution in [3.8, 4) is 6.07 Å². The van der Waals surface area contributed by atoms with Crippen LogP contribution in [0.5, 0.6) is 0 Å². The van der Waals surface area contributed by atoms with Crippen LogP contribution in [0.3, 0.4) is 0 Å². The monoisotopic (exact) mass is 272 g/mol. The third-order valence-electron chi connectivity index (χ3n) is 3.31. The molecule has 5 heteroatoms. The van der Waals surface area contributed by atoms with Gasteiger partial charge in [0.15, 0.2) is 0 Å². The second-order valence-electron chi connectivity index (χ2n) is 5.38. The van der Waals surface area contributed by atoms with Crippen LogP contribution >= 0.6 is 0 Å². The van der Waals surface area contributed by atoms with Crippen LogP contribution in [0.2, 0.25) is 0 Å². The molecule has 0 saturated heterocycles. The smallest absolute Gasteiger partial charge is 0.137 e. The predicted octanol–water partition coefficient (Wildman–Crippen LogP) is 1.80. The summed E-state index contributed by atoms with van der Waals surface area (Å²) >= 11 is 0. The number of hydrogen-bond donors (Lipinski definition) is 1. The fourth-order valence-electron chi connectivity index (χ4n) is 2.22. The van der Waals surface area contributed by atoms with E-state index in [0.717, 1.165) is 11.3 Å². The van der Waals surface area contributed by atoms with Gasteiger partial charge in [0.05, 0.1) is 23.6 Å². The number of nitrogens with zero attached hydrogens (tertiary/aromatic N) is 4. The van der Waals surface area contributed by atoms with Gasteiger partial charge in [-0.25, -0.2) is 4.98 Å². The first-order chi connectivity index (χ1) is 9.51. The zero-order valence-corrected chi connectivity index (χ0v) is 12.1. The maximum atomic E-state index is 9.59. The Morgan fingerprint density at radius 1 is 1.40 bits per heavy atom. The van der Waals surface area contributed by atoms with E-state index in [1.165, 1.54) is 0 Å². The second-order valence-corrected chi connectivity index (χ2v) is 5.38. The lowest BCUT2D eigenvalue weighted by Crippen LogP contribution is -2.36. The number of rotatable bonds is 5. The Hall–Kier alpha value is -1.90. The van der Waals surface area contributed by atoms with E-state index in [0.29, 0.717) is 24.7 Å². The molecule has 2 aromatic rings. The Morgan fingerprint density at radius 3 is 2.75 bits per heavy atom. The molecule has 0 aliphatic rings. The minimum absolute atomic E-state index is 0.328. The number of aliphatic hydroxyl groups is 1. The van der Waals surface area contributed by atoms with E-state index in [1.807, 2.05) is 16.7 Å². The Bertz CT molecular complexity index is 624. The summed E-state index contributed by atoms with van der Waals surface area (Å²) in [6.07, 6.45) is 3.26. The molecule has 2 heterocycles. The molecule has 0 aliphatic carbocycles. The predicted molar refractivity (Wildman–Crippen MR) is 77.1 cm³/mol. The van der Waals surface area contributed by atoms with Crippen LogP contribution in [-0.4, -0.2) is 38.1 Å². The van der Waals surface area contributed by atoms with Crippen molar-refractivity contribution < 1.29 is 5.11 Å². The Morgan fingerprint density at radius 2 is 2.15 bits per heavy atom. The summed E-state index contributed by atoms with van der Waals surface area (Å²) in [5.41, 5.74) is 2.47. The molecule has 1 atom stereocenters. The second kappa shape index (κ2) is 6.04. The van der Waals surface area contributed by atoms with Gasteiger partial charge in [0.25, 0.3) is 0 Å². The number of hydrogen-bond acceptors (Lipinski definition) is 4. The molecular formula is C15H20N4O. The summed E-state index contributed by atoms with van der Waals surface area (Å²) in [7, 11) is 0. The summed E-state index contributed by atoms with van der Waals surface area (Å²) in [5.74, 6) is 0. The van der Waals surface area contributed by atoms with Gasteiger partial charge in [-0.2, -0.15) is 5.26 Å². The molecule has 5 nitrogen and oxygen atoms in total. The highest BCUT2D eigenvalue weighted by atomic mass is 16.3. The van der Waals surface area contributed by atoms with Gasteiger partial charge in [-0.3, -0.25) is 4.90 Å². The normalized spacial score (nSPS) is 13.1. The molecule has 20 heavy (non-hydrogen) atoms. The van der Waals surface area contributed by atoms with E-state index in [1.54, 1.807) is 19.2 Å². The molecule has 106 valence electrons. The molecule has 0 spiro atoms. The van der Waals surface area contributed by atoms with Crippen LogP contribution in [0.4, 0.5) is 0 Å². The van der Waals surface area contributed by atoms with Crippen LogP contribution in [0.25, 0.3) is 5.65 Å². The zero-order valence-electron chi connectivity index (χ0n) is 12.1. The number of aliphatic hydroxyl groups excluding tert-OH is 1. The third kappa shape index (κ3) is 3.16. The lowest BCUT2D eigenvalue weighted by molar-refractivity contribution is 0.102. The number of imidazole rings is 1. The zero-order chi connectivity index (χ0) is 14.7. The lowest BCUT2D eigenvalue weighted by Gasteiger charge is -2.27. The minimum atomic E-state index is -0.369. The van der Waals surface area contributed by atoms with E-state index in [-0.39, 0.29) is 6.10 Å². The van der Waals surface area contributed by atoms with E-state index < -0.39 is 0 Å². The van der Waals surface area contributed by atoms with Gasteiger partial charge >= 0.3 is 0 Å². The molecule has 0 amide bonds. The lowest BCUT2D eigenvalue weighted by atomic mass is 10.2. The molecule has 1 unspecified atom stereocenters. The molecule has 2 aromatic heterocycles. The van der Waals surface area contributed by atoms with Crippen molar-refractivity contribution in [2.75, 3.05) is 6.54 Å². The van der Waals surface area contributed by atoms with Crippen LogP contribution in [0, 0.1) is 11.3 Å². The van der Waals surface area contributed by atoms with Gasteiger partial charge in [0.1, 0.15) is 11.7 Å². The molecule has 0 radical (unpaired) electrons. The first kappa shape index (κ1) is 14.5. The van der Waals surface area contributed by atoms with Crippen molar-refractivity contribution in [2.45, 2.75) is 39.5 Å². The number of aromatic nitrogens is 2. The molecule has 2 rings (SSSR count). The fraction of sp³-hybridized carbons (Fsp3) is 0.467. The average Bonchev–Trinajstić information content (AvgIpc) is 2.79. The highest BCUT2D eigenvalue weighted by Crippen LogP contribution is 2.13. The summed E-state index contributed by atoms with van der Waals surface area (Å²) in [6.45, 7) is 7.30. The summed E-state index contributed by atoms with van der Waals surface area (Å²) in [6, 6.07) is 6.08. The topological polar surface area (TPSA) is 64.6 Å². The largest absolute Gasteiger partial charge is 0.392 e. The first-order valence-electron chi connectivity index (χ1n) is 6.79. The van der Waals surface area contributed by atoms with Crippen molar-refractivity contribution >= 4 is 5.65 Å². The van der Waals surface area contributed by atoms with Crippen molar-refractivity contribution in [3.05, 3.63) is 35.8 Å². The van der Waals surface area contributed by atoms with E-state index in [9.17, 15) is 5.11 Å². The van der Waals surface area contributed by atoms with Gasteiger partial charge in [-0.15, -0.1) is 0 Å².